The molecule has 0 aliphatic heterocycles. The van der Waals surface area contributed by atoms with Gasteiger partial charge in [-0.25, -0.2) is 0 Å². The highest BCUT2D eigenvalue weighted by atomic mass is 15.1. The second-order valence-electron chi connectivity index (χ2n) is 4.89. The summed E-state index contributed by atoms with van der Waals surface area (Å²) in [6.07, 6.45) is 4.79. The molecule has 2 unspecified atom stereocenters. The molecule has 2 rings (SSSR count). The first-order chi connectivity index (χ1) is 7.18. The largest absolute Gasteiger partial charge is 0.310 e. The maximum atomic E-state index is 4.05. The Labute approximate surface area is 91.7 Å². The Morgan fingerprint density at radius 3 is 2.80 bits per heavy atom. The molecule has 1 aromatic rings. The van der Waals surface area contributed by atoms with Gasteiger partial charge in [0.1, 0.15) is 0 Å². The molecule has 1 aromatic heterocycles. The molecule has 0 radical (unpaired) electrons. The predicted octanol–water partition coefficient (Wildman–Crippen LogP) is 2.41. The van der Waals surface area contributed by atoms with Crippen LogP contribution in [0.4, 0.5) is 0 Å². The molecule has 0 spiro atoms. The zero-order valence-electron chi connectivity index (χ0n) is 9.88. The standard InChI is InChI=1S/C12H21N3/c1-8(11-4-5-11)6-13-9(2)12-7-14-15-10(12)3/h7-9,11,13H,4-6H2,1-3H3,(H,14,15). The van der Waals surface area contributed by atoms with Crippen LogP contribution < -0.4 is 5.32 Å². The summed E-state index contributed by atoms with van der Waals surface area (Å²) in [5.74, 6) is 1.80. The summed E-state index contributed by atoms with van der Waals surface area (Å²) in [4.78, 5) is 0. The summed E-state index contributed by atoms with van der Waals surface area (Å²) in [5, 5.41) is 10.6. The van der Waals surface area contributed by atoms with E-state index in [1.807, 2.05) is 6.20 Å². The summed E-state index contributed by atoms with van der Waals surface area (Å²) in [6, 6.07) is 0.407. The normalized spacial score (nSPS) is 20.2. The molecule has 84 valence electrons. The van der Waals surface area contributed by atoms with Gasteiger partial charge in [0.05, 0.1) is 6.20 Å². The van der Waals surface area contributed by atoms with E-state index in [1.54, 1.807) is 0 Å². The zero-order valence-corrected chi connectivity index (χ0v) is 9.88. The van der Waals surface area contributed by atoms with E-state index in [4.69, 9.17) is 0 Å². The van der Waals surface area contributed by atoms with Gasteiger partial charge in [-0.1, -0.05) is 6.92 Å². The summed E-state index contributed by atoms with van der Waals surface area (Å²) >= 11 is 0. The van der Waals surface area contributed by atoms with Crippen LogP contribution in [0.3, 0.4) is 0 Å². The summed E-state index contributed by atoms with van der Waals surface area (Å²) < 4.78 is 0. The van der Waals surface area contributed by atoms with Crippen molar-refractivity contribution in [3.63, 3.8) is 0 Å². The molecule has 1 aliphatic rings. The number of aromatic amines is 1. The van der Waals surface area contributed by atoms with Crippen LogP contribution in [0.25, 0.3) is 0 Å². The lowest BCUT2D eigenvalue weighted by Gasteiger charge is -2.17. The van der Waals surface area contributed by atoms with Crippen molar-refractivity contribution in [2.75, 3.05) is 6.54 Å². The molecule has 1 saturated carbocycles. The van der Waals surface area contributed by atoms with Crippen LogP contribution in [-0.2, 0) is 0 Å². The number of aromatic nitrogens is 2. The number of nitrogens with one attached hydrogen (secondary N) is 2. The van der Waals surface area contributed by atoms with Crippen molar-refractivity contribution in [2.45, 2.75) is 39.7 Å². The van der Waals surface area contributed by atoms with Gasteiger partial charge >= 0.3 is 0 Å². The zero-order chi connectivity index (χ0) is 10.8. The van der Waals surface area contributed by atoms with Gasteiger partial charge in [0.2, 0.25) is 0 Å². The average Bonchev–Trinajstić information content (AvgIpc) is 2.98. The summed E-state index contributed by atoms with van der Waals surface area (Å²) in [5.41, 5.74) is 2.46. The average molecular weight is 207 g/mol. The van der Waals surface area contributed by atoms with E-state index in [-0.39, 0.29) is 0 Å². The Hall–Kier alpha value is -0.830. The van der Waals surface area contributed by atoms with Crippen LogP contribution in [0, 0.1) is 18.8 Å². The lowest BCUT2D eigenvalue weighted by molar-refractivity contribution is 0.431. The fourth-order valence-corrected chi connectivity index (χ4v) is 2.10. The lowest BCUT2D eigenvalue weighted by atomic mass is 10.1. The molecular weight excluding hydrogens is 186 g/mol. The monoisotopic (exact) mass is 207 g/mol. The predicted molar refractivity (Wildman–Crippen MR) is 61.6 cm³/mol. The van der Waals surface area contributed by atoms with Crippen molar-refractivity contribution in [2.24, 2.45) is 11.8 Å². The smallest absolute Gasteiger partial charge is 0.0537 e. The van der Waals surface area contributed by atoms with Crippen molar-refractivity contribution in [3.8, 4) is 0 Å². The first-order valence-corrected chi connectivity index (χ1v) is 5.91. The van der Waals surface area contributed by atoms with Crippen LogP contribution in [-0.4, -0.2) is 16.7 Å². The van der Waals surface area contributed by atoms with E-state index < -0.39 is 0 Å². The molecule has 1 fully saturated rings. The minimum Gasteiger partial charge on any atom is -0.310 e. The Morgan fingerprint density at radius 2 is 2.27 bits per heavy atom. The minimum atomic E-state index is 0.407. The van der Waals surface area contributed by atoms with E-state index in [9.17, 15) is 0 Å². The van der Waals surface area contributed by atoms with E-state index in [0.29, 0.717) is 6.04 Å². The first kappa shape index (κ1) is 10.7. The van der Waals surface area contributed by atoms with E-state index in [0.717, 1.165) is 18.4 Å². The van der Waals surface area contributed by atoms with Crippen LogP contribution in [0.2, 0.25) is 0 Å². The Balaban J connectivity index is 1.81. The quantitative estimate of drug-likeness (QED) is 0.778. The highest BCUT2D eigenvalue weighted by Gasteiger charge is 2.27. The van der Waals surface area contributed by atoms with Crippen molar-refractivity contribution >= 4 is 0 Å². The van der Waals surface area contributed by atoms with Gasteiger partial charge in [-0.2, -0.15) is 5.10 Å². The van der Waals surface area contributed by atoms with Crippen molar-refractivity contribution < 1.29 is 0 Å². The molecule has 15 heavy (non-hydrogen) atoms. The lowest BCUT2D eigenvalue weighted by Crippen LogP contribution is -2.25. The minimum absolute atomic E-state index is 0.407. The topological polar surface area (TPSA) is 40.7 Å². The van der Waals surface area contributed by atoms with Crippen molar-refractivity contribution in [3.05, 3.63) is 17.5 Å². The van der Waals surface area contributed by atoms with Crippen molar-refractivity contribution in [1.82, 2.24) is 15.5 Å². The SMILES string of the molecule is Cc1[nH]ncc1C(C)NCC(C)C1CC1. The first-order valence-electron chi connectivity index (χ1n) is 5.91. The Kier molecular flexibility index (Phi) is 3.10. The molecule has 0 amide bonds. The third-order valence-electron chi connectivity index (χ3n) is 3.51. The molecule has 3 heteroatoms. The Morgan fingerprint density at radius 1 is 1.53 bits per heavy atom. The highest BCUT2D eigenvalue weighted by molar-refractivity contribution is 5.18. The second-order valence-corrected chi connectivity index (χ2v) is 4.89. The maximum absolute atomic E-state index is 4.05. The molecular formula is C12H21N3. The van der Waals surface area contributed by atoms with Gasteiger partial charge < -0.3 is 5.32 Å². The van der Waals surface area contributed by atoms with Crippen LogP contribution in [0.1, 0.15) is 44.0 Å². The number of aryl methyl sites for hydroxylation is 1. The van der Waals surface area contributed by atoms with Crippen LogP contribution in [0.5, 0.6) is 0 Å². The molecule has 2 atom stereocenters. The van der Waals surface area contributed by atoms with Gasteiger partial charge in [-0.3, -0.25) is 5.10 Å². The molecule has 0 aromatic carbocycles. The molecule has 0 bridgehead atoms. The molecule has 1 aliphatic carbocycles. The molecule has 2 N–H and O–H groups in total. The molecule has 0 saturated heterocycles. The molecule has 3 nitrogen and oxygen atoms in total. The third-order valence-corrected chi connectivity index (χ3v) is 3.51. The highest BCUT2D eigenvalue weighted by Crippen LogP contribution is 2.36. The Bertz CT molecular complexity index is 314. The summed E-state index contributed by atoms with van der Waals surface area (Å²) in [6.45, 7) is 7.75. The van der Waals surface area contributed by atoms with E-state index in [1.165, 1.54) is 24.1 Å². The maximum Gasteiger partial charge on any atom is 0.0537 e. The fraction of sp³-hybridized carbons (Fsp3) is 0.750. The van der Waals surface area contributed by atoms with Crippen LogP contribution >= 0.6 is 0 Å². The fourth-order valence-electron chi connectivity index (χ4n) is 2.10. The van der Waals surface area contributed by atoms with Gasteiger partial charge in [-0.15, -0.1) is 0 Å². The van der Waals surface area contributed by atoms with E-state index >= 15 is 0 Å². The molecule has 1 heterocycles. The number of hydrogen-bond donors (Lipinski definition) is 2. The summed E-state index contributed by atoms with van der Waals surface area (Å²) in [7, 11) is 0. The van der Waals surface area contributed by atoms with Crippen molar-refractivity contribution in [1.29, 1.82) is 0 Å². The second kappa shape index (κ2) is 4.35. The van der Waals surface area contributed by atoms with Gasteiger partial charge in [-0.05, 0) is 45.1 Å². The van der Waals surface area contributed by atoms with Gasteiger partial charge in [0, 0.05) is 17.3 Å². The third kappa shape index (κ3) is 2.59. The number of H-pyrrole nitrogens is 1. The number of nitrogens with zero attached hydrogens (tertiary/aromatic N) is 1. The van der Waals surface area contributed by atoms with Gasteiger partial charge in [0.15, 0.2) is 0 Å². The van der Waals surface area contributed by atoms with Crippen LogP contribution in [0.15, 0.2) is 6.20 Å². The number of hydrogen-bond acceptors (Lipinski definition) is 2. The van der Waals surface area contributed by atoms with E-state index in [2.05, 4.69) is 36.3 Å². The van der Waals surface area contributed by atoms with Gasteiger partial charge in [0.25, 0.3) is 0 Å². The number of rotatable bonds is 5.